The summed E-state index contributed by atoms with van der Waals surface area (Å²) in [4.78, 5) is 8.96. The molecule has 1 aliphatic rings. The molecule has 2 aromatic heterocycles. The van der Waals surface area contributed by atoms with Crippen LogP contribution in [0.2, 0.25) is 0 Å². The van der Waals surface area contributed by atoms with E-state index in [2.05, 4.69) is 16.0 Å². The van der Waals surface area contributed by atoms with E-state index in [1.165, 1.54) is 0 Å². The molecule has 0 bridgehead atoms. The molecule has 0 radical (unpaired) electrons. The Hall–Kier alpha value is -2.96. The second-order valence-corrected chi connectivity index (χ2v) is 8.11. The first-order valence-corrected chi connectivity index (χ1v) is 10.4. The first kappa shape index (κ1) is 18.1. The lowest BCUT2D eigenvalue weighted by molar-refractivity contribution is 0.0504. The van der Waals surface area contributed by atoms with Crippen LogP contribution in [0, 0.1) is 5.92 Å². The number of para-hydroxylation sites is 1. The second kappa shape index (κ2) is 7.81. The highest BCUT2D eigenvalue weighted by atomic mass is 32.1. The molecular weight excluding hydrogens is 384 g/mol. The molecule has 0 unspecified atom stereocenters. The lowest BCUT2D eigenvalue weighted by Gasteiger charge is -2.30. The van der Waals surface area contributed by atoms with Crippen LogP contribution < -0.4 is 9.47 Å². The summed E-state index contributed by atoms with van der Waals surface area (Å²) in [6, 6.07) is 17.6. The molecule has 2 aromatic carbocycles. The molecule has 0 aliphatic carbocycles. The summed E-state index contributed by atoms with van der Waals surface area (Å²) in [5, 5.41) is 14.9. The molecular formula is C23H20N2O3S. The minimum Gasteiger partial charge on any atom is -0.493 e. The lowest BCUT2D eigenvalue weighted by atomic mass is 9.91. The first-order chi connectivity index (χ1) is 14.3. The van der Waals surface area contributed by atoms with Crippen molar-refractivity contribution >= 4 is 22.2 Å². The molecule has 29 heavy (non-hydrogen) atoms. The minimum atomic E-state index is -0.606. The largest absolute Gasteiger partial charge is 0.493 e. The van der Waals surface area contributed by atoms with Gasteiger partial charge < -0.3 is 14.6 Å². The quantitative estimate of drug-likeness (QED) is 0.528. The van der Waals surface area contributed by atoms with E-state index in [1.54, 1.807) is 17.5 Å². The summed E-state index contributed by atoms with van der Waals surface area (Å²) < 4.78 is 11.8. The molecule has 4 aromatic rings. The Morgan fingerprint density at radius 3 is 2.97 bits per heavy atom. The SMILES string of the molecule is O[C@@H]1c2cc(OCc3ccc4ccccc4n3)ccc2OC[C@H]1Cc1nccs1. The Kier molecular flexibility index (Phi) is 4.87. The van der Waals surface area contributed by atoms with Gasteiger partial charge in [-0.05, 0) is 30.3 Å². The van der Waals surface area contributed by atoms with Crippen molar-refractivity contribution in [3.8, 4) is 11.5 Å². The van der Waals surface area contributed by atoms with E-state index < -0.39 is 6.10 Å². The van der Waals surface area contributed by atoms with E-state index >= 15 is 0 Å². The van der Waals surface area contributed by atoms with Crippen molar-refractivity contribution in [2.24, 2.45) is 5.92 Å². The third-order valence-electron chi connectivity index (χ3n) is 5.16. The highest BCUT2D eigenvalue weighted by molar-refractivity contribution is 7.09. The maximum absolute atomic E-state index is 10.9. The van der Waals surface area contributed by atoms with Gasteiger partial charge in [0, 0.05) is 34.9 Å². The van der Waals surface area contributed by atoms with Crippen LogP contribution in [0.4, 0.5) is 0 Å². The molecule has 6 heteroatoms. The van der Waals surface area contributed by atoms with Gasteiger partial charge >= 0.3 is 0 Å². The van der Waals surface area contributed by atoms with Crippen LogP contribution in [0.1, 0.15) is 22.4 Å². The fraction of sp³-hybridized carbons (Fsp3) is 0.217. The van der Waals surface area contributed by atoms with Gasteiger partial charge in [0.05, 0.1) is 28.9 Å². The number of benzene rings is 2. The van der Waals surface area contributed by atoms with Gasteiger partial charge in [-0.1, -0.05) is 24.3 Å². The summed E-state index contributed by atoms with van der Waals surface area (Å²) in [7, 11) is 0. The van der Waals surface area contributed by atoms with Gasteiger partial charge in [-0.2, -0.15) is 0 Å². The Morgan fingerprint density at radius 2 is 2.07 bits per heavy atom. The Bertz CT molecular complexity index is 1130. The van der Waals surface area contributed by atoms with Crippen molar-refractivity contribution in [1.29, 1.82) is 0 Å². The van der Waals surface area contributed by atoms with Gasteiger partial charge in [0.1, 0.15) is 18.1 Å². The van der Waals surface area contributed by atoms with Gasteiger partial charge in [-0.25, -0.2) is 9.97 Å². The second-order valence-electron chi connectivity index (χ2n) is 7.13. The van der Waals surface area contributed by atoms with E-state index in [0.29, 0.717) is 31.1 Å². The molecule has 0 amide bonds. The Morgan fingerprint density at radius 1 is 1.14 bits per heavy atom. The van der Waals surface area contributed by atoms with E-state index in [0.717, 1.165) is 27.2 Å². The summed E-state index contributed by atoms with van der Waals surface area (Å²) in [5.41, 5.74) is 2.58. The van der Waals surface area contributed by atoms with Crippen LogP contribution in [-0.4, -0.2) is 21.7 Å². The molecule has 1 N–H and O–H groups in total. The number of pyridine rings is 1. The summed E-state index contributed by atoms with van der Waals surface area (Å²) in [6.07, 6.45) is 1.88. The van der Waals surface area contributed by atoms with Crippen LogP contribution in [0.15, 0.2) is 66.2 Å². The van der Waals surface area contributed by atoms with E-state index in [1.807, 2.05) is 53.9 Å². The first-order valence-electron chi connectivity index (χ1n) is 9.57. The maximum atomic E-state index is 10.9. The zero-order chi connectivity index (χ0) is 19.6. The van der Waals surface area contributed by atoms with Crippen molar-refractivity contribution in [3.05, 3.63) is 82.4 Å². The average Bonchev–Trinajstić information content (AvgIpc) is 3.27. The molecule has 0 saturated carbocycles. The number of hydrogen-bond donors (Lipinski definition) is 1. The van der Waals surface area contributed by atoms with Crippen LogP contribution in [0.25, 0.3) is 10.9 Å². The monoisotopic (exact) mass is 404 g/mol. The number of aliphatic hydroxyl groups excluding tert-OH is 1. The lowest BCUT2D eigenvalue weighted by Crippen LogP contribution is -2.27. The number of hydrogen-bond acceptors (Lipinski definition) is 6. The molecule has 5 nitrogen and oxygen atoms in total. The highest BCUT2D eigenvalue weighted by Gasteiger charge is 2.30. The third-order valence-corrected chi connectivity index (χ3v) is 5.96. The number of rotatable bonds is 5. The van der Waals surface area contributed by atoms with Gasteiger partial charge in [-0.15, -0.1) is 11.3 Å². The fourth-order valence-electron chi connectivity index (χ4n) is 3.62. The molecule has 0 spiro atoms. The Balaban J connectivity index is 1.31. The van der Waals surface area contributed by atoms with E-state index in [9.17, 15) is 5.11 Å². The molecule has 0 fully saturated rings. The number of thiazole rings is 1. The molecule has 2 atom stereocenters. The molecule has 1 aliphatic heterocycles. The number of ether oxygens (including phenoxy) is 2. The zero-order valence-corrected chi connectivity index (χ0v) is 16.5. The average molecular weight is 404 g/mol. The van der Waals surface area contributed by atoms with Crippen LogP contribution in [-0.2, 0) is 13.0 Å². The summed E-state index contributed by atoms with van der Waals surface area (Å²) in [6.45, 7) is 0.845. The third kappa shape index (κ3) is 3.81. The minimum absolute atomic E-state index is 0.0222. The molecule has 146 valence electrons. The van der Waals surface area contributed by atoms with Gasteiger partial charge in [0.2, 0.25) is 0 Å². The molecule has 5 rings (SSSR count). The Labute approximate surface area is 172 Å². The number of aromatic nitrogens is 2. The zero-order valence-electron chi connectivity index (χ0n) is 15.7. The molecule has 0 saturated heterocycles. The van der Waals surface area contributed by atoms with Crippen molar-refractivity contribution < 1.29 is 14.6 Å². The van der Waals surface area contributed by atoms with E-state index in [4.69, 9.17) is 9.47 Å². The van der Waals surface area contributed by atoms with Gasteiger partial charge in [0.15, 0.2) is 0 Å². The highest BCUT2D eigenvalue weighted by Crippen LogP contribution is 2.39. The van der Waals surface area contributed by atoms with Gasteiger partial charge in [-0.3, -0.25) is 0 Å². The predicted molar refractivity (Wildman–Crippen MR) is 112 cm³/mol. The predicted octanol–water partition coefficient (Wildman–Crippen LogP) is 4.56. The van der Waals surface area contributed by atoms with Crippen molar-refractivity contribution in [2.45, 2.75) is 19.1 Å². The normalized spacial score (nSPS) is 18.2. The van der Waals surface area contributed by atoms with Crippen LogP contribution in [0.3, 0.4) is 0 Å². The smallest absolute Gasteiger partial charge is 0.130 e. The number of aliphatic hydroxyl groups is 1. The van der Waals surface area contributed by atoms with Gasteiger partial charge in [0.25, 0.3) is 0 Å². The topological polar surface area (TPSA) is 64.5 Å². The fourth-order valence-corrected chi connectivity index (χ4v) is 4.33. The van der Waals surface area contributed by atoms with E-state index in [-0.39, 0.29) is 5.92 Å². The standard InChI is InChI=1S/C23H20N2O3S/c26-23-16(11-22-24-9-10-29-22)13-28-21-8-7-18(12-19(21)23)27-14-17-6-5-15-3-1-2-4-20(15)25-17/h1-10,12,16,23,26H,11,13-14H2/t16-,23+/m1/s1. The van der Waals surface area contributed by atoms with Crippen molar-refractivity contribution in [1.82, 2.24) is 9.97 Å². The van der Waals surface area contributed by atoms with Crippen LogP contribution in [0.5, 0.6) is 11.5 Å². The van der Waals surface area contributed by atoms with Crippen molar-refractivity contribution in [3.63, 3.8) is 0 Å². The number of nitrogens with zero attached hydrogens (tertiary/aromatic N) is 2. The maximum Gasteiger partial charge on any atom is 0.130 e. The van der Waals surface area contributed by atoms with Crippen molar-refractivity contribution in [2.75, 3.05) is 6.61 Å². The number of fused-ring (bicyclic) bond motifs is 2. The molecule has 3 heterocycles. The van der Waals surface area contributed by atoms with Crippen LogP contribution >= 0.6 is 11.3 Å². The summed E-state index contributed by atoms with van der Waals surface area (Å²) >= 11 is 1.60. The summed E-state index contributed by atoms with van der Waals surface area (Å²) in [5.74, 6) is 1.38.